The van der Waals surface area contributed by atoms with Gasteiger partial charge < -0.3 is 11.1 Å². The highest BCUT2D eigenvalue weighted by molar-refractivity contribution is 6.30. The standard InChI is InChI=1S/C11H11FN2.C10H12ClNO.C2H6.CH3NO/c1-7-8(2)13-14-11(7)9-5-3-4-6-10(9)12;1-2-10(12-7-13)8-4-3-5-9(11)6-8;1-2;2-1-3/h3-6H,1-2H3,(H,13,14);3-7,10H,2H2,1H3,(H,12,13);1-2H3;1H,(H2,2,3). The zero-order chi connectivity index (χ0) is 24.5. The van der Waals surface area contributed by atoms with E-state index in [1.807, 2.05) is 65.0 Å². The summed E-state index contributed by atoms with van der Waals surface area (Å²) in [6.07, 6.45) is 1.83. The van der Waals surface area contributed by atoms with E-state index in [-0.39, 0.29) is 18.3 Å². The van der Waals surface area contributed by atoms with Gasteiger partial charge in [0.2, 0.25) is 12.8 Å². The fourth-order valence-corrected chi connectivity index (χ4v) is 2.85. The zero-order valence-electron chi connectivity index (χ0n) is 19.2. The van der Waals surface area contributed by atoms with Gasteiger partial charge in [0, 0.05) is 16.3 Å². The van der Waals surface area contributed by atoms with Crippen molar-refractivity contribution in [1.82, 2.24) is 15.5 Å². The molecule has 1 unspecified atom stereocenters. The summed E-state index contributed by atoms with van der Waals surface area (Å²) in [4.78, 5) is 18.9. The van der Waals surface area contributed by atoms with Crippen LogP contribution in [0.3, 0.4) is 0 Å². The molecule has 1 aromatic heterocycles. The molecule has 0 saturated carbocycles. The lowest BCUT2D eigenvalue weighted by molar-refractivity contribution is -0.110. The number of carbonyl (C=O) groups is 2. The van der Waals surface area contributed by atoms with Crippen molar-refractivity contribution in [2.24, 2.45) is 5.73 Å². The van der Waals surface area contributed by atoms with Crippen molar-refractivity contribution >= 4 is 24.4 Å². The van der Waals surface area contributed by atoms with Crippen LogP contribution in [0, 0.1) is 19.7 Å². The second kappa shape index (κ2) is 16.5. The third-order valence-electron chi connectivity index (χ3n) is 4.31. The molecule has 0 bridgehead atoms. The van der Waals surface area contributed by atoms with Crippen LogP contribution >= 0.6 is 11.6 Å². The Kier molecular flexibility index (Phi) is 14.9. The number of halogens is 2. The number of rotatable bonds is 5. The summed E-state index contributed by atoms with van der Waals surface area (Å²) in [6, 6.07) is 14.2. The molecule has 2 aromatic carbocycles. The van der Waals surface area contributed by atoms with Crippen molar-refractivity contribution in [1.29, 1.82) is 0 Å². The summed E-state index contributed by atoms with van der Waals surface area (Å²) in [5, 5.41) is 10.4. The molecule has 0 aliphatic rings. The minimum atomic E-state index is -0.234. The number of carbonyl (C=O) groups excluding carboxylic acids is 2. The number of hydrogen-bond donors (Lipinski definition) is 3. The summed E-state index contributed by atoms with van der Waals surface area (Å²) in [6.45, 7) is 9.87. The highest BCUT2D eigenvalue weighted by Crippen LogP contribution is 2.24. The first-order chi connectivity index (χ1) is 15.4. The number of primary amides is 1. The van der Waals surface area contributed by atoms with E-state index in [9.17, 15) is 9.18 Å². The molecule has 8 heteroatoms. The van der Waals surface area contributed by atoms with Crippen molar-refractivity contribution in [2.45, 2.75) is 47.1 Å². The van der Waals surface area contributed by atoms with Gasteiger partial charge in [-0.05, 0) is 55.7 Å². The van der Waals surface area contributed by atoms with E-state index in [1.54, 1.807) is 12.1 Å². The number of hydrogen-bond acceptors (Lipinski definition) is 3. The first kappa shape index (κ1) is 28.8. The molecule has 0 fully saturated rings. The normalized spacial score (nSPS) is 10.1. The maximum atomic E-state index is 13.4. The number of aryl methyl sites for hydroxylation is 1. The van der Waals surface area contributed by atoms with Crippen molar-refractivity contribution < 1.29 is 14.0 Å². The van der Waals surface area contributed by atoms with E-state index in [1.165, 1.54) is 6.07 Å². The van der Waals surface area contributed by atoms with Crippen LogP contribution in [0.25, 0.3) is 11.3 Å². The van der Waals surface area contributed by atoms with E-state index in [4.69, 9.17) is 16.4 Å². The summed E-state index contributed by atoms with van der Waals surface area (Å²) < 4.78 is 13.4. The van der Waals surface area contributed by atoms with Crippen molar-refractivity contribution in [3.8, 4) is 11.3 Å². The molecule has 32 heavy (non-hydrogen) atoms. The van der Waals surface area contributed by atoms with E-state index in [2.05, 4.69) is 21.2 Å². The van der Waals surface area contributed by atoms with Crippen molar-refractivity contribution in [2.75, 3.05) is 0 Å². The van der Waals surface area contributed by atoms with E-state index in [0.717, 1.165) is 29.7 Å². The summed E-state index contributed by atoms with van der Waals surface area (Å²) in [5.74, 6) is -0.234. The second-order valence-electron chi connectivity index (χ2n) is 6.24. The fraction of sp³-hybridized carbons (Fsp3) is 0.292. The molecule has 1 heterocycles. The lowest BCUT2D eigenvalue weighted by Gasteiger charge is -2.13. The Balaban J connectivity index is 0.000000502. The van der Waals surface area contributed by atoms with Crippen LogP contribution in [-0.4, -0.2) is 23.0 Å². The largest absolute Gasteiger partial charge is 0.372 e. The summed E-state index contributed by atoms with van der Waals surface area (Å²) in [5.41, 5.74) is 8.43. The second-order valence-corrected chi connectivity index (χ2v) is 6.67. The maximum absolute atomic E-state index is 13.4. The molecule has 0 radical (unpaired) electrons. The van der Waals surface area contributed by atoms with Gasteiger partial charge in [-0.3, -0.25) is 14.7 Å². The van der Waals surface area contributed by atoms with Gasteiger partial charge in [-0.2, -0.15) is 5.10 Å². The number of nitrogens with one attached hydrogen (secondary N) is 2. The molecule has 1 atom stereocenters. The molecule has 0 aliphatic heterocycles. The Labute approximate surface area is 194 Å². The minimum Gasteiger partial charge on any atom is -0.372 e. The molecule has 174 valence electrons. The van der Waals surface area contributed by atoms with Gasteiger partial charge in [0.05, 0.1) is 11.7 Å². The molecule has 0 saturated heterocycles. The summed E-state index contributed by atoms with van der Waals surface area (Å²) >= 11 is 5.83. The Morgan fingerprint density at radius 2 is 1.78 bits per heavy atom. The number of nitrogens with zero attached hydrogens (tertiary/aromatic N) is 1. The third-order valence-corrected chi connectivity index (χ3v) is 4.55. The molecule has 3 rings (SSSR count). The number of aromatic nitrogens is 2. The van der Waals surface area contributed by atoms with E-state index in [0.29, 0.717) is 16.3 Å². The smallest absolute Gasteiger partial charge is 0.207 e. The molecule has 4 N–H and O–H groups in total. The minimum absolute atomic E-state index is 0.0659. The zero-order valence-corrected chi connectivity index (χ0v) is 19.9. The van der Waals surface area contributed by atoms with Crippen molar-refractivity contribution in [3.05, 3.63) is 76.2 Å². The fourth-order valence-electron chi connectivity index (χ4n) is 2.66. The van der Waals surface area contributed by atoms with Gasteiger partial charge in [-0.1, -0.05) is 56.6 Å². The summed E-state index contributed by atoms with van der Waals surface area (Å²) in [7, 11) is 0. The highest BCUT2D eigenvalue weighted by Gasteiger charge is 2.11. The highest BCUT2D eigenvalue weighted by atomic mass is 35.5. The monoisotopic (exact) mass is 462 g/mol. The van der Waals surface area contributed by atoms with Crippen LogP contribution in [-0.2, 0) is 9.59 Å². The predicted molar refractivity (Wildman–Crippen MR) is 129 cm³/mol. The van der Waals surface area contributed by atoms with Gasteiger partial charge >= 0.3 is 0 Å². The number of aromatic amines is 1. The topological polar surface area (TPSA) is 101 Å². The Morgan fingerprint density at radius 1 is 1.16 bits per heavy atom. The molecule has 2 amide bonds. The molecule has 3 aromatic rings. The van der Waals surface area contributed by atoms with Gasteiger partial charge in [0.25, 0.3) is 0 Å². The SMILES string of the molecule is CC.CCC(NC=O)c1cccc(Cl)c1.Cc1[nH]nc(-c2ccccc2F)c1C.NC=O. The van der Waals surface area contributed by atoms with Crippen LogP contribution in [0.1, 0.15) is 50.1 Å². The Bertz CT molecular complexity index is 947. The average molecular weight is 463 g/mol. The van der Waals surface area contributed by atoms with Crippen LogP contribution in [0.15, 0.2) is 48.5 Å². The first-order valence-electron chi connectivity index (χ1n) is 10.3. The maximum Gasteiger partial charge on any atom is 0.207 e. The van der Waals surface area contributed by atoms with Crippen LogP contribution < -0.4 is 11.1 Å². The number of H-pyrrole nitrogens is 1. The quantitative estimate of drug-likeness (QED) is 0.436. The Hall–Kier alpha value is -3.19. The van der Waals surface area contributed by atoms with Gasteiger partial charge in [0.15, 0.2) is 0 Å². The predicted octanol–water partition coefficient (Wildman–Crippen LogP) is 5.50. The lowest BCUT2D eigenvalue weighted by Crippen LogP contribution is -2.18. The van der Waals surface area contributed by atoms with Crippen LogP contribution in [0.2, 0.25) is 5.02 Å². The number of nitrogens with two attached hydrogens (primary N) is 1. The van der Waals surface area contributed by atoms with E-state index >= 15 is 0 Å². The van der Waals surface area contributed by atoms with Gasteiger partial charge in [-0.25, -0.2) is 4.39 Å². The Morgan fingerprint density at radius 3 is 2.25 bits per heavy atom. The molecular formula is C24H32ClFN4O2. The lowest BCUT2D eigenvalue weighted by atomic mass is 10.1. The molecule has 6 nitrogen and oxygen atoms in total. The number of amides is 2. The number of benzene rings is 2. The van der Waals surface area contributed by atoms with Gasteiger partial charge in [-0.15, -0.1) is 0 Å². The van der Waals surface area contributed by atoms with Crippen LogP contribution in [0.5, 0.6) is 0 Å². The van der Waals surface area contributed by atoms with E-state index < -0.39 is 0 Å². The first-order valence-corrected chi connectivity index (χ1v) is 10.6. The molecule has 0 spiro atoms. The molecule has 0 aliphatic carbocycles. The van der Waals surface area contributed by atoms with Crippen LogP contribution in [0.4, 0.5) is 4.39 Å². The van der Waals surface area contributed by atoms with Crippen molar-refractivity contribution in [3.63, 3.8) is 0 Å². The molecular weight excluding hydrogens is 431 g/mol. The third kappa shape index (κ3) is 9.31. The average Bonchev–Trinajstić information content (AvgIpc) is 3.13. The van der Waals surface area contributed by atoms with Gasteiger partial charge in [0.1, 0.15) is 5.82 Å².